The quantitative estimate of drug-likeness (QED) is 0.755. The van der Waals surface area contributed by atoms with Gasteiger partial charge in [-0.2, -0.15) is 10.4 Å². The number of hydrogen-bond acceptors (Lipinski definition) is 6. The van der Waals surface area contributed by atoms with Crippen molar-refractivity contribution in [3.05, 3.63) is 28.4 Å². The van der Waals surface area contributed by atoms with E-state index in [9.17, 15) is 4.79 Å². The van der Waals surface area contributed by atoms with Crippen LogP contribution in [0.25, 0.3) is 0 Å². The van der Waals surface area contributed by atoms with Crippen LogP contribution in [0.2, 0.25) is 0 Å². The monoisotopic (exact) mass is 290 g/mol. The van der Waals surface area contributed by atoms with Crippen molar-refractivity contribution in [2.45, 2.75) is 13.5 Å². The topological polar surface area (TPSA) is 123 Å². The Balaban J connectivity index is 2.09. The molecule has 2 heterocycles. The van der Waals surface area contributed by atoms with Gasteiger partial charge in [0.1, 0.15) is 15.9 Å². The molecule has 0 saturated carbocycles. The third-order valence-electron chi connectivity index (χ3n) is 2.68. The molecule has 7 nitrogen and oxygen atoms in total. The number of amides is 1. The molecular formula is C12H14N6OS. The molecule has 0 aromatic carbocycles. The highest BCUT2D eigenvalue weighted by Crippen LogP contribution is 2.34. The Labute approximate surface area is 119 Å². The molecule has 0 radical (unpaired) electrons. The number of aromatic nitrogens is 2. The summed E-state index contributed by atoms with van der Waals surface area (Å²) in [6.45, 7) is 3.14. The van der Waals surface area contributed by atoms with Crippen LogP contribution in [0, 0.1) is 18.3 Å². The van der Waals surface area contributed by atoms with Crippen LogP contribution >= 0.6 is 11.3 Å². The lowest BCUT2D eigenvalue weighted by atomic mass is 10.2. The summed E-state index contributed by atoms with van der Waals surface area (Å²) in [5.74, 6) is -0.641. The number of nitrogen functional groups attached to an aromatic ring is 1. The largest absolute Gasteiger partial charge is 0.396 e. The molecule has 2 aromatic rings. The van der Waals surface area contributed by atoms with E-state index in [-0.39, 0.29) is 16.1 Å². The Morgan fingerprint density at radius 3 is 2.95 bits per heavy atom. The smallest absolute Gasteiger partial charge is 0.253 e. The van der Waals surface area contributed by atoms with Crippen molar-refractivity contribution in [2.24, 2.45) is 5.73 Å². The number of primary amides is 1. The molecule has 0 bridgehead atoms. The summed E-state index contributed by atoms with van der Waals surface area (Å²) < 4.78 is 1.79. The summed E-state index contributed by atoms with van der Waals surface area (Å²) in [6.07, 6.45) is 3.69. The minimum atomic E-state index is -0.641. The van der Waals surface area contributed by atoms with Crippen LogP contribution in [-0.2, 0) is 6.54 Å². The van der Waals surface area contributed by atoms with Gasteiger partial charge in [0.05, 0.1) is 24.0 Å². The van der Waals surface area contributed by atoms with Gasteiger partial charge in [0.15, 0.2) is 0 Å². The predicted octanol–water partition coefficient (Wildman–Crippen LogP) is 0.918. The average Bonchev–Trinajstić information content (AvgIpc) is 2.93. The van der Waals surface area contributed by atoms with E-state index in [0.717, 1.165) is 16.9 Å². The maximum atomic E-state index is 11.4. The highest BCUT2D eigenvalue weighted by Gasteiger charge is 2.19. The Hall–Kier alpha value is -2.53. The van der Waals surface area contributed by atoms with Gasteiger partial charge in [-0.15, -0.1) is 11.3 Å². The molecule has 0 unspecified atom stereocenters. The fourth-order valence-corrected chi connectivity index (χ4v) is 2.72. The number of nitrogens with one attached hydrogen (secondary N) is 1. The molecule has 8 heteroatoms. The predicted molar refractivity (Wildman–Crippen MR) is 77.4 cm³/mol. The second-order valence-corrected chi connectivity index (χ2v) is 5.25. The van der Waals surface area contributed by atoms with Crippen molar-refractivity contribution in [3.8, 4) is 6.07 Å². The molecule has 2 rings (SSSR count). The molecule has 0 aliphatic heterocycles. The number of nitrogens with two attached hydrogens (primary N) is 2. The standard InChI is InChI=1S/C12H14N6OS/c1-7-5-17-18(6-7)3-2-16-12-9(11(15)19)10(14)8(4-13)20-12/h5-6,16H,2-3,14H2,1H3,(H2,15,19). The van der Waals surface area contributed by atoms with Crippen molar-refractivity contribution >= 4 is 27.9 Å². The number of nitriles is 1. The van der Waals surface area contributed by atoms with Crippen molar-refractivity contribution in [2.75, 3.05) is 17.6 Å². The SMILES string of the molecule is Cc1cnn(CCNc2sc(C#N)c(N)c2C(N)=O)c1. The number of rotatable bonds is 5. The normalized spacial score (nSPS) is 10.2. The van der Waals surface area contributed by atoms with Crippen LogP contribution in [0.4, 0.5) is 10.7 Å². The van der Waals surface area contributed by atoms with Gasteiger partial charge in [-0.25, -0.2) is 0 Å². The fraction of sp³-hybridized carbons (Fsp3) is 0.250. The number of thiophene rings is 1. The number of carbonyl (C=O) groups is 1. The minimum Gasteiger partial charge on any atom is -0.396 e. The second-order valence-electron chi connectivity index (χ2n) is 4.23. The number of anilines is 2. The molecule has 20 heavy (non-hydrogen) atoms. The minimum absolute atomic E-state index is 0.141. The van der Waals surface area contributed by atoms with Gasteiger partial charge in [0, 0.05) is 12.7 Å². The molecule has 0 fully saturated rings. The highest BCUT2D eigenvalue weighted by atomic mass is 32.1. The van der Waals surface area contributed by atoms with E-state index >= 15 is 0 Å². The number of carbonyl (C=O) groups excluding carboxylic acids is 1. The zero-order chi connectivity index (χ0) is 14.7. The molecule has 0 saturated heterocycles. The van der Waals surface area contributed by atoms with Crippen molar-refractivity contribution < 1.29 is 4.79 Å². The molecule has 0 aliphatic carbocycles. The van der Waals surface area contributed by atoms with E-state index in [1.54, 1.807) is 10.9 Å². The Bertz CT molecular complexity index is 681. The molecule has 0 aliphatic rings. The van der Waals surface area contributed by atoms with E-state index in [1.807, 2.05) is 19.2 Å². The zero-order valence-electron chi connectivity index (χ0n) is 10.9. The fourth-order valence-electron chi connectivity index (χ4n) is 1.77. The van der Waals surface area contributed by atoms with E-state index in [2.05, 4.69) is 10.4 Å². The first-order valence-corrected chi connectivity index (χ1v) is 6.69. The van der Waals surface area contributed by atoms with Crippen LogP contribution in [0.15, 0.2) is 12.4 Å². The maximum Gasteiger partial charge on any atom is 0.253 e. The van der Waals surface area contributed by atoms with E-state index in [0.29, 0.717) is 18.1 Å². The van der Waals surface area contributed by atoms with E-state index in [4.69, 9.17) is 16.7 Å². The molecule has 5 N–H and O–H groups in total. The van der Waals surface area contributed by atoms with Gasteiger partial charge in [-0.1, -0.05) is 0 Å². The van der Waals surface area contributed by atoms with Gasteiger partial charge in [-0.05, 0) is 12.5 Å². The van der Waals surface area contributed by atoms with Crippen molar-refractivity contribution in [3.63, 3.8) is 0 Å². The summed E-state index contributed by atoms with van der Waals surface area (Å²) in [4.78, 5) is 11.7. The van der Waals surface area contributed by atoms with Gasteiger partial charge >= 0.3 is 0 Å². The number of nitrogens with zero attached hydrogens (tertiary/aromatic N) is 3. The van der Waals surface area contributed by atoms with Gasteiger partial charge in [0.25, 0.3) is 5.91 Å². The van der Waals surface area contributed by atoms with Crippen LogP contribution in [0.3, 0.4) is 0 Å². The molecule has 2 aromatic heterocycles. The van der Waals surface area contributed by atoms with Crippen LogP contribution < -0.4 is 16.8 Å². The van der Waals surface area contributed by atoms with Crippen LogP contribution in [0.1, 0.15) is 20.8 Å². The molecule has 0 atom stereocenters. The summed E-state index contributed by atoms with van der Waals surface area (Å²) in [5.41, 5.74) is 12.4. The van der Waals surface area contributed by atoms with Crippen LogP contribution in [-0.4, -0.2) is 22.2 Å². The first-order valence-electron chi connectivity index (χ1n) is 5.88. The third-order valence-corrected chi connectivity index (χ3v) is 3.75. The lowest BCUT2D eigenvalue weighted by molar-refractivity contribution is 0.100. The van der Waals surface area contributed by atoms with Gasteiger partial charge in [0.2, 0.25) is 0 Å². The molecule has 104 valence electrons. The van der Waals surface area contributed by atoms with Crippen molar-refractivity contribution in [1.29, 1.82) is 5.26 Å². The van der Waals surface area contributed by atoms with Crippen LogP contribution in [0.5, 0.6) is 0 Å². The zero-order valence-corrected chi connectivity index (χ0v) is 11.7. The van der Waals surface area contributed by atoms with E-state index in [1.165, 1.54) is 0 Å². The summed E-state index contributed by atoms with van der Waals surface area (Å²) in [5, 5.41) is 16.7. The maximum absolute atomic E-state index is 11.4. The highest BCUT2D eigenvalue weighted by molar-refractivity contribution is 7.17. The molecule has 1 amide bonds. The Morgan fingerprint density at radius 2 is 2.40 bits per heavy atom. The molecule has 0 spiro atoms. The average molecular weight is 290 g/mol. The second kappa shape index (κ2) is 5.63. The summed E-state index contributed by atoms with van der Waals surface area (Å²) in [6, 6.07) is 1.95. The van der Waals surface area contributed by atoms with Gasteiger partial charge < -0.3 is 16.8 Å². The van der Waals surface area contributed by atoms with E-state index < -0.39 is 5.91 Å². The Kier molecular flexibility index (Phi) is 3.91. The lowest BCUT2D eigenvalue weighted by Crippen LogP contribution is -2.16. The first kappa shape index (κ1) is 13.9. The summed E-state index contributed by atoms with van der Waals surface area (Å²) in [7, 11) is 0. The van der Waals surface area contributed by atoms with Crippen molar-refractivity contribution in [1.82, 2.24) is 9.78 Å². The van der Waals surface area contributed by atoms with Gasteiger partial charge in [-0.3, -0.25) is 9.48 Å². The Morgan fingerprint density at radius 1 is 1.65 bits per heavy atom. The number of hydrogen-bond donors (Lipinski definition) is 3. The molecular weight excluding hydrogens is 276 g/mol. The summed E-state index contributed by atoms with van der Waals surface area (Å²) >= 11 is 1.13. The third kappa shape index (κ3) is 2.73. The number of aryl methyl sites for hydroxylation is 1. The lowest BCUT2D eigenvalue weighted by Gasteiger charge is -2.06. The first-order chi connectivity index (χ1) is 9.52.